The van der Waals surface area contributed by atoms with E-state index >= 15 is 0 Å². The summed E-state index contributed by atoms with van der Waals surface area (Å²) in [5.41, 5.74) is 2.81. The van der Waals surface area contributed by atoms with E-state index in [0.717, 1.165) is 12.8 Å². The Labute approximate surface area is 108 Å². The van der Waals surface area contributed by atoms with Crippen LogP contribution in [0, 0.1) is 0 Å². The highest BCUT2D eigenvalue weighted by Gasteiger charge is 2.30. The van der Waals surface area contributed by atoms with Gasteiger partial charge in [-0.05, 0) is 31.4 Å². The van der Waals surface area contributed by atoms with Gasteiger partial charge in [-0.2, -0.15) is 0 Å². The molecule has 0 saturated carbocycles. The van der Waals surface area contributed by atoms with Gasteiger partial charge in [-0.3, -0.25) is 0 Å². The number of nitrogens with zero attached hydrogens (tertiary/aromatic N) is 1. The Morgan fingerprint density at radius 3 is 2.82 bits per heavy atom. The van der Waals surface area contributed by atoms with Crippen molar-refractivity contribution in [3.63, 3.8) is 0 Å². The Hall–Kier alpha value is -0.670. The van der Waals surface area contributed by atoms with Gasteiger partial charge in [-0.15, -0.1) is 11.8 Å². The van der Waals surface area contributed by atoms with Gasteiger partial charge < -0.3 is 10.0 Å². The molecule has 1 aromatic carbocycles. The summed E-state index contributed by atoms with van der Waals surface area (Å²) in [6.07, 6.45) is 1.94. The molecule has 2 rings (SSSR count). The highest BCUT2D eigenvalue weighted by molar-refractivity contribution is 8.00. The molecule has 0 aliphatic carbocycles. The summed E-state index contributed by atoms with van der Waals surface area (Å²) in [6.45, 7) is 4.74. The topological polar surface area (TPSA) is 23.5 Å². The van der Waals surface area contributed by atoms with E-state index in [9.17, 15) is 0 Å². The van der Waals surface area contributed by atoms with E-state index in [-0.39, 0.29) is 6.61 Å². The second-order valence-electron chi connectivity index (χ2n) is 4.64. The molecule has 0 fully saturated rings. The van der Waals surface area contributed by atoms with Crippen molar-refractivity contribution >= 4 is 17.4 Å². The van der Waals surface area contributed by atoms with Gasteiger partial charge in [0, 0.05) is 29.8 Å². The lowest BCUT2D eigenvalue weighted by Crippen LogP contribution is -2.41. The third-order valence-electron chi connectivity index (χ3n) is 3.66. The molecule has 0 saturated heterocycles. The summed E-state index contributed by atoms with van der Waals surface area (Å²) in [5.74, 6) is 0. The lowest BCUT2D eigenvalue weighted by atomic mass is 10.1. The van der Waals surface area contributed by atoms with Crippen LogP contribution < -0.4 is 4.90 Å². The van der Waals surface area contributed by atoms with Crippen molar-refractivity contribution in [2.75, 3.05) is 18.6 Å². The highest BCUT2D eigenvalue weighted by atomic mass is 32.2. The maximum absolute atomic E-state index is 9.14. The van der Waals surface area contributed by atoms with Gasteiger partial charge >= 0.3 is 0 Å². The van der Waals surface area contributed by atoms with Crippen LogP contribution in [0.25, 0.3) is 0 Å². The van der Waals surface area contributed by atoms with Crippen LogP contribution in [-0.2, 0) is 6.42 Å². The van der Waals surface area contributed by atoms with E-state index < -0.39 is 0 Å². The first-order valence-electron chi connectivity index (χ1n) is 6.31. The van der Waals surface area contributed by atoms with E-state index in [1.54, 1.807) is 0 Å². The van der Waals surface area contributed by atoms with Crippen LogP contribution in [0.2, 0.25) is 0 Å². The summed E-state index contributed by atoms with van der Waals surface area (Å²) < 4.78 is 0. The first-order chi connectivity index (χ1) is 8.19. The maximum Gasteiger partial charge on any atom is 0.0537 e. The number of benzene rings is 1. The van der Waals surface area contributed by atoms with Gasteiger partial charge in [0.1, 0.15) is 0 Å². The molecular weight excluding hydrogens is 230 g/mol. The quantitative estimate of drug-likeness (QED) is 0.893. The lowest BCUT2D eigenvalue weighted by Gasteiger charge is -2.40. The number of aryl methyl sites for hydroxylation is 1. The third kappa shape index (κ3) is 2.31. The van der Waals surface area contributed by atoms with Crippen LogP contribution in [0.15, 0.2) is 23.1 Å². The fourth-order valence-corrected chi connectivity index (χ4v) is 3.96. The Bertz CT molecular complexity index is 394. The van der Waals surface area contributed by atoms with Crippen molar-refractivity contribution < 1.29 is 5.11 Å². The highest BCUT2D eigenvalue weighted by Crippen LogP contribution is 2.43. The summed E-state index contributed by atoms with van der Waals surface area (Å²) in [5, 5.41) is 9.63. The molecular formula is C14H21NOS. The zero-order valence-corrected chi connectivity index (χ0v) is 11.6. The van der Waals surface area contributed by atoms with E-state index in [0.29, 0.717) is 11.3 Å². The maximum atomic E-state index is 9.14. The van der Waals surface area contributed by atoms with Gasteiger partial charge in [0.25, 0.3) is 0 Å². The second kappa shape index (κ2) is 5.32. The zero-order chi connectivity index (χ0) is 12.4. The summed E-state index contributed by atoms with van der Waals surface area (Å²) in [4.78, 5) is 3.74. The van der Waals surface area contributed by atoms with Crippen molar-refractivity contribution in [3.8, 4) is 0 Å². The van der Waals surface area contributed by atoms with Gasteiger partial charge in [0.15, 0.2) is 0 Å². The Morgan fingerprint density at radius 2 is 2.18 bits per heavy atom. The smallest absolute Gasteiger partial charge is 0.0537 e. The summed E-state index contributed by atoms with van der Waals surface area (Å²) in [6, 6.07) is 7.04. The minimum absolute atomic E-state index is 0.276. The molecule has 1 heterocycles. The van der Waals surface area contributed by atoms with Gasteiger partial charge in [-0.1, -0.05) is 19.1 Å². The van der Waals surface area contributed by atoms with Crippen LogP contribution in [0.3, 0.4) is 0 Å². The Balaban J connectivity index is 2.38. The average molecular weight is 251 g/mol. The van der Waals surface area contributed by atoms with E-state index in [1.165, 1.54) is 16.1 Å². The molecule has 0 aromatic heterocycles. The fourth-order valence-electron chi connectivity index (χ4n) is 2.49. The molecule has 1 aliphatic rings. The molecule has 0 radical (unpaired) electrons. The number of aliphatic hydroxyl groups excluding tert-OH is 1. The van der Waals surface area contributed by atoms with Crippen LogP contribution >= 0.6 is 11.8 Å². The molecule has 1 aromatic rings. The lowest BCUT2D eigenvalue weighted by molar-refractivity contribution is 0.282. The van der Waals surface area contributed by atoms with Crippen LogP contribution in [-0.4, -0.2) is 30.1 Å². The normalized spacial score (nSPS) is 23.6. The average Bonchev–Trinajstić information content (AvgIpc) is 2.35. The number of thioether (sulfide) groups is 1. The van der Waals surface area contributed by atoms with Crippen LogP contribution in [0.4, 0.5) is 5.69 Å². The second-order valence-corrected chi connectivity index (χ2v) is 5.92. The molecule has 2 atom stereocenters. The van der Waals surface area contributed by atoms with E-state index in [2.05, 4.69) is 44.0 Å². The first-order valence-corrected chi connectivity index (χ1v) is 7.19. The summed E-state index contributed by atoms with van der Waals surface area (Å²) in [7, 11) is 2.17. The predicted molar refractivity (Wildman–Crippen MR) is 75.0 cm³/mol. The van der Waals surface area contributed by atoms with Gasteiger partial charge in [0.05, 0.1) is 5.69 Å². The number of anilines is 1. The van der Waals surface area contributed by atoms with Crippen LogP contribution in [0.5, 0.6) is 0 Å². The van der Waals surface area contributed by atoms with Crippen molar-refractivity contribution in [1.29, 1.82) is 0 Å². The number of hydrogen-bond donors (Lipinski definition) is 1. The molecule has 0 bridgehead atoms. The number of para-hydroxylation sites is 1. The van der Waals surface area contributed by atoms with E-state index in [1.807, 2.05) is 11.8 Å². The van der Waals surface area contributed by atoms with Gasteiger partial charge in [-0.25, -0.2) is 0 Å². The van der Waals surface area contributed by atoms with Crippen molar-refractivity contribution in [2.45, 2.75) is 42.9 Å². The molecule has 3 heteroatoms. The van der Waals surface area contributed by atoms with Gasteiger partial charge in [0.2, 0.25) is 0 Å². The zero-order valence-electron chi connectivity index (χ0n) is 10.8. The Morgan fingerprint density at radius 1 is 1.41 bits per heavy atom. The standard InChI is InChI=1S/C14H21NOS/c1-4-11-6-5-7-13-14(11)15(3)10(2)12(17-13)8-9-16/h5-7,10,12,16H,4,8-9H2,1-3H3. The van der Waals surface area contributed by atoms with Crippen molar-refractivity contribution in [1.82, 2.24) is 0 Å². The minimum Gasteiger partial charge on any atom is -0.396 e. The number of hydrogen-bond acceptors (Lipinski definition) is 3. The molecule has 2 nitrogen and oxygen atoms in total. The largest absolute Gasteiger partial charge is 0.396 e. The predicted octanol–water partition coefficient (Wildman–Crippen LogP) is 2.93. The number of aliphatic hydroxyl groups is 1. The third-order valence-corrected chi connectivity index (χ3v) is 5.17. The molecule has 0 spiro atoms. The molecule has 94 valence electrons. The molecule has 2 unspecified atom stereocenters. The molecule has 1 N–H and O–H groups in total. The number of rotatable bonds is 3. The molecule has 0 amide bonds. The van der Waals surface area contributed by atoms with Crippen LogP contribution in [0.1, 0.15) is 25.8 Å². The van der Waals surface area contributed by atoms with Crippen molar-refractivity contribution in [2.24, 2.45) is 0 Å². The van der Waals surface area contributed by atoms with Crippen molar-refractivity contribution in [3.05, 3.63) is 23.8 Å². The molecule has 1 aliphatic heterocycles. The van der Waals surface area contributed by atoms with E-state index in [4.69, 9.17) is 5.11 Å². The first kappa shape index (κ1) is 12.8. The minimum atomic E-state index is 0.276. The summed E-state index contributed by atoms with van der Waals surface area (Å²) >= 11 is 1.92. The molecule has 17 heavy (non-hydrogen) atoms. The Kier molecular flexibility index (Phi) is 4.00. The number of fused-ring (bicyclic) bond motifs is 1. The monoisotopic (exact) mass is 251 g/mol. The fraction of sp³-hybridized carbons (Fsp3) is 0.571. The SMILES string of the molecule is CCc1cccc2c1N(C)C(C)C(CCO)S2.